The lowest BCUT2D eigenvalue weighted by Gasteiger charge is -2.10. The van der Waals surface area contributed by atoms with Crippen LogP contribution in [0.25, 0.3) is 0 Å². The van der Waals surface area contributed by atoms with E-state index in [1.165, 1.54) is 19.3 Å². The number of ether oxygens (including phenoxy) is 1. The van der Waals surface area contributed by atoms with Crippen LogP contribution >= 0.6 is 0 Å². The van der Waals surface area contributed by atoms with Gasteiger partial charge in [-0.25, -0.2) is 4.79 Å². The van der Waals surface area contributed by atoms with Crippen molar-refractivity contribution in [3.05, 3.63) is 35.9 Å². The van der Waals surface area contributed by atoms with E-state index in [2.05, 4.69) is 6.92 Å². The van der Waals surface area contributed by atoms with Crippen LogP contribution in [0.4, 0.5) is 0 Å². The third kappa shape index (κ3) is 6.06. The molecule has 1 aromatic carbocycles. The van der Waals surface area contributed by atoms with E-state index < -0.39 is 5.97 Å². The summed E-state index contributed by atoms with van der Waals surface area (Å²) in [5, 5.41) is 0. The van der Waals surface area contributed by atoms with Crippen LogP contribution in [0.5, 0.6) is 5.75 Å². The Morgan fingerprint density at radius 1 is 1.15 bits per heavy atom. The molecule has 111 valence electrons. The number of unbranched alkanes of at least 4 members (excludes halogenated alkanes) is 3. The molecule has 0 N–H and O–H groups in total. The molecule has 0 aromatic heterocycles. The summed E-state index contributed by atoms with van der Waals surface area (Å²) in [6.07, 6.45) is 6.17. The maximum absolute atomic E-state index is 11.8. The minimum Gasteiger partial charge on any atom is -0.497 e. The molecule has 0 atom stereocenters. The van der Waals surface area contributed by atoms with Crippen molar-refractivity contribution in [2.45, 2.75) is 46.0 Å². The summed E-state index contributed by atoms with van der Waals surface area (Å²) < 4.78 is 5.05. The fourth-order valence-electron chi connectivity index (χ4n) is 1.75. The topological polar surface area (TPSA) is 44.8 Å². The Balaban J connectivity index is 2.31. The third-order valence-electron chi connectivity index (χ3n) is 2.95. The van der Waals surface area contributed by atoms with Crippen LogP contribution in [0.3, 0.4) is 0 Å². The van der Waals surface area contributed by atoms with Crippen LogP contribution in [0, 0.1) is 6.10 Å². The van der Waals surface area contributed by atoms with Crippen LogP contribution in [0.1, 0.15) is 56.3 Å². The molecule has 0 heterocycles. The summed E-state index contributed by atoms with van der Waals surface area (Å²) in [7, 11) is 1.55. The molecule has 4 heteroatoms. The molecule has 1 radical (unpaired) electrons. The van der Waals surface area contributed by atoms with Crippen molar-refractivity contribution in [2.75, 3.05) is 7.11 Å². The molecule has 20 heavy (non-hydrogen) atoms. The number of hydrogen-bond donors (Lipinski definition) is 0. The van der Waals surface area contributed by atoms with Gasteiger partial charge in [-0.3, -0.25) is 4.89 Å². The van der Waals surface area contributed by atoms with Gasteiger partial charge in [0, 0.05) is 0 Å². The molecule has 0 fully saturated rings. The molecule has 0 aliphatic carbocycles. The highest BCUT2D eigenvalue weighted by Crippen LogP contribution is 2.17. The molecule has 0 bridgehead atoms. The van der Waals surface area contributed by atoms with E-state index in [1.807, 2.05) is 6.92 Å². The Morgan fingerprint density at radius 2 is 1.95 bits per heavy atom. The lowest BCUT2D eigenvalue weighted by atomic mass is 10.1. The van der Waals surface area contributed by atoms with E-state index in [9.17, 15) is 4.79 Å². The van der Waals surface area contributed by atoms with E-state index in [0.29, 0.717) is 11.3 Å². The van der Waals surface area contributed by atoms with Gasteiger partial charge in [0.2, 0.25) is 0 Å². The molecule has 0 aliphatic heterocycles. The third-order valence-corrected chi connectivity index (χ3v) is 2.95. The standard InChI is InChI=1S/C16H23O4/c1-4-5-6-7-9-13(2)19-20-16(17)14-10-8-11-15(12-14)18-3/h8,10-12H,4-7,9H2,1-3H3. The van der Waals surface area contributed by atoms with Gasteiger partial charge in [0.15, 0.2) is 0 Å². The maximum Gasteiger partial charge on any atom is 0.373 e. The Hall–Kier alpha value is -1.55. The molecule has 0 saturated heterocycles. The maximum atomic E-state index is 11.8. The zero-order valence-corrected chi connectivity index (χ0v) is 12.5. The summed E-state index contributed by atoms with van der Waals surface area (Å²) in [5.41, 5.74) is 0.406. The van der Waals surface area contributed by atoms with Gasteiger partial charge in [-0.2, -0.15) is 4.89 Å². The van der Waals surface area contributed by atoms with Crippen LogP contribution in [0.15, 0.2) is 24.3 Å². The van der Waals surface area contributed by atoms with Crippen molar-refractivity contribution in [1.29, 1.82) is 0 Å². The van der Waals surface area contributed by atoms with Crippen molar-refractivity contribution < 1.29 is 19.3 Å². The Kier molecular flexibility index (Phi) is 7.73. The van der Waals surface area contributed by atoms with Crippen LogP contribution in [0.2, 0.25) is 0 Å². The zero-order chi connectivity index (χ0) is 14.8. The first kappa shape index (κ1) is 16.5. The average molecular weight is 279 g/mol. The molecule has 0 amide bonds. The molecule has 0 aliphatic rings. The average Bonchev–Trinajstić information content (AvgIpc) is 2.49. The Labute approximate surface area is 121 Å². The number of hydrogen-bond acceptors (Lipinski definition) is 4. The van der Waals surface area contributed by atoms with Gasteiger partial charge in [-0.05, 0) is 31.5 Å². The lowest BCUT2D eigenvalue weighted by molar-refractivity contribution is -0.233. The first-order chi connectivity index (χ1) is 9.67. The number of methoxy groups -OCH3 is 1. The van der Waals surface area contributed by atoms with Gasteiger partial charge in [0.1, 0.15) is 11.9 Å². The highest BCUT2D eigenvalue weighted by molar-refractivity contribution is 5.89. The molecular formula is C16H23O4. The van der Waals surface area contributed by atoms with Crippen LogP contribution in [-0.2, 0) is 9.78 Å². The summed E-state index contributed by atoms with van der Waals surface area (Å²) in [4.78, 5) is 21.6. The van der Waals surface area contributed by atoms with Gasteiger partial charge in [-0.1, -0.05) is 38.7 Å². The minimum atomic E-state index is -0.517. The number of carbonyl (C=O) groups excluding carboxylic acids is 1. The number of benzene rings is 1. The van der Waals surface area contributed by atoms with Crippen LogP contribution in [-0.4, -0.2) is 13.1 Å². The van der Waals surface area contributed by atoms with Crippen molar-refractivity contribution in [2.24, 2.45) is 0 Å². The SMILES string of the molecule is CCCCCC[C](C)OOC(=O)c1cccc(OC)c1. The van der Waals surface area contributed by atoms with Gasteiger partial charge in [0.05, 0.1) is 12.7 Å². The first-order valence-corrected chi connectivity index (χ1v) is 7.02. The minimum absolute atomic E-state index is 0.406. The van der Waals surface area contributed by atoms with Gasteiger partial charge >= 0.3 is 5.97 Å². The highest BCUT2D eigenvalue weighted by atomic mass is 17.2. The summed E-state index contributed by atoms with van der Waals surface area (Å²) in [6.45, 7) is 3.99. The molecule has 0 unspecified atom stereocenters. The second kappa shape index (κ2) is 9.37. The summed E-state index contributed by atoms with van der Waals surface area (Å²) in [6, 6.07) is 6.77. The normalized spacial score (nSPS) is 10.6. The second-order valence-electron chi connectivity index (χ2n) is 4.70. The van der Waals surface area contributed by atoms with E-state index >= 15 is 0 Å². The largest absolute Gasteiger partial charge is 0.497 e. The fraction of sp³-hybridized carbons (Fsp3) is 0.500. The fourth-order valence-corrected chi connectivity index (χ4v) is 1.75. The molecule has 1 aromatic rings. The van der Waals surface area contributed by atoms with E-state index in [4.69, 9.17) is 14.5 Å². The van der Waals surface area contributed by atoms with E-state index in [1.54, 1.807) is 31.4 Å². The van der Waals surface area contributed by atoms with Crippen LogP contribution < -0.4 is 4.74 Å². The summed E-state index contributed by atoms with van der Waals surface area (Å²) >= 11 is 0. The molecular weight excluding hydrogens is 256 g/mol. The number of rotatable bonds is 9. The second-order valence-corrected chi connectivity index (χ2v) is 4.70. The predicted molar refractivity (Wildman–Crippen MR) is 77.2 cm³/mol. The van der Waals surface area contributed by atoms with Crippen molar-refractivity contribution >= 4 is 5.97 Å². The number of carbonyl (C=O) groups is 1. The van der Waals surface area contributed by atoms with Crippen molar-refractivity contribution in [3.63, 3.8) is 0 Å². The van der Waals surface area contributed by atoms with Gasteiger partial charge in [-0.15, -0.1) is 0 Å². The zero-order valence-electron chi connectivity index (χ0n) is 12.5. The van der Waals surface area contributed by atoms with E-state index in [0.717, 1.165) is 18.9 Å². The smallest absolute Gasteiger partial charge is 0.373 e. The molecule has 1 rings (SSSR count). The van der Waals surface area contributed by atoms with E-state index in [-0.39, 0.29) is 0 Å². The molecule has 0 saturated carbocycles. The van der Waals surface area contributed by atoms with Gasteiger partial charge in [0.25, 0.3) is 0 Å². The van der Waals surface area contributed by atoms with Crippen molar-refractivity contribution in [3.8, 4) is 5.75 Å². The quantitative estimate of drug-likeness (QED) is 0.384. The highest BCUT2D eigenvalue weighted by Gasteiger charge is 2.12. The molecule has 4 nitrogen and oxygen atoms in total. The Morgan fingerprint density at radius 3 is 2.65 bits per heavy atom. The monoisotopic (exact) mass is 279 g/mol. The van der Waals surface area contributed by atoms with Crippen molar-refractivity contribution in [1.82, 2.24) is 0 Å². The predicted octanol–water partition coefficient (Wildman–Crippen LogP) is 4.31. The van der Waals surface area contributed by atoms with Gasteiger partial charge < -0.3 is 4.74 Å². The first-order valence-electron chi connectivity index (χ1n) is 7.02. The summed E-state index contributed by atoms with van der Waals surface area (Å²) in [5.74, 6) is 0.0940. The Bertz CT molecular complexity index is 403. The lowest BCUT2D eigenvalue weighted by Crippen LogP contribution is -2.08. The molecule has 0 spiro atoms.